The number of nitrogens with zero attached hydrogens (tertiary/aromatic N) is 2. The molecule has 19 heavy (non-hydrogen) atoms. The van der Waals surface area contributed by atoms with Crippen molar-refractivity contribution in [2.45, 2.75) is 20.0 Å². The summed E-state index contributed by atoms with van der Waals surface area (Å²) in [5.74, 6) is 1.31. The van der Waals surface area contributed by atoms with Crippen molar-refractivity contribution in [2.24, 2.45) is 0 Å². The van der Waals surface area contributed by atoms with Crippen LogP contribution in [0, 0.1) is 6.92 Å². The van der Waals surface area contributed by atoms with Crippen molar-refractivity contribution in [3.8, 4) is 10.4 Å². The summed E-state index contributed by atoms with van der Waals surface area (Å²) in [6.45, 7) is 3.24. The van der Waals surface area contributed by atoms with Crippen molar-refractivity contribution in [2.75, 3.05) is 0 Å². The molecule has 98 valence electrons. The predicted molar refractivity (Wildman–Crippen MR) is 77.2 cm³/mol. The van der Waals surface area contributed by atoms with Gasteiger partial charge in [0.2, 0.25) is 5.89 Å². The van der Waals surface area contributed by atoms with Crippen molar-refractivity contribution in [1.82, 2.24) is 15.5 Å². The minimum absolute atomic E-state index is 0.604. The maximum atomic E-state index is 5.05. The van der Waals surface area contributed by atoms with E-state index in [0.29, 0.717) is 18.3 Å². The molecule has 0 bridgehead atoms. The van der Waals surface area contributed by atoms with Crippen LogP contribution < -0.4 is 5.32 Å². The number of thiophene rings is 2. The van der Waals surface area contributed by atoms with Gasteiger partial charge in [-0.3, -0.25) is 0 Å². The normalized spacial score (nSPS) is 11.0. The third-order valence-corrected chi connectivity index (χ3v) is 4.46. The Kier molecular flexibility index (Phi) is 3.72. The molecule has 0 fully saturated rings. The van der Waals surface area contributed by atoms with Crippen molar-refractivity contribution in [3.63, 3.8) is 0 Å². The average Bonchev–Trinajstić information content (AvgIpc) is 3.09. The van der Waals surface area contributed by atoms with Gasteiger partial charge in [0.05, 0.1) is 6.54 Å². The largest absolute Gasteiger partial charge is 0.338 e. The van der Waals surface area contributed by atoms with Gasteiger partial charge in [-0.1, -0.05) is 11.2 Å². The smallest absolute Gasteiger partial charge is 0.240 e. The molecule has 0 aliphatic carbocycles. The van der Waals surface area contributed by atoms with Gasteiger partial charge in [-0.2, -0.15) is 4.98 Å². The van der Waals surface area contributed by atoms with Crippen LogP contribution in [0.15, 0.2) is 33.5 Å². The van der Waals surface area contributed by atoms with E-state index >= 15 is 0 Å². The molecule has 0 radical (unpaired) electrons. The summed E-state index contributed by atoms with van der Waals surface area (Å²) in [6, 6.07) is 6.45. The fourth-order valence-electron chi connectivity index (χ4n) is 1.75. The molecule has 0 aromatic carbocycles. The number of aryl methyl sites for hydroxylation is 1. The molecule has 0 spiro atoms. The van der Waals surface area contributed by atoms with Gasteiger partial charge in [0.1, 0.15) is 0 Å². The highest BCUT2D eigenvalue weighted by atomic mass is 32.1. The van der Waals surface area contributed by atoms with Gasteiger partial charge in [0, 0.05) is 21.9 Å². The van der Waals surface area contributed by atoms with Crippen molar-refractivity contribution in [1.29, 1.82) is 0 Å². The Bertz CT molecular complexity index is 642. The standard InChI is InChI=1S/C13H13N3OS2/c1-9-15-13(17-16-9)7-14-6-11-5-10(8-19-11)12-3-2-4-18-12/h2-5,8,14H,6-7H2,1H3. The van der Waals surface area contributed by atoms with Gasteiger partial charge in [-0.25, -0.2) is 0 Å². The molecule has 3 aromatic heterocycles. The molecule has 0 aliphatic rings. The van der Waals surface area contributed by atoms with Gasteiger partial charge >= 0.3 is 0 Å². The Balaban J connectivity index is 1.56. The molecule has 3 aromatic rings. The van der Waals surface area contributed by atoms with Gasteiger partial charge in [0.15, 0.2) is 5.82 Å². The zero-order valence-corrected chi connectivity index (χ0v) is 12.1. The average molecular weight is 291 g/mol. The first-order valence-electron chi connectivity index (χ1n) is 5.92. The Morgan fingerprint density at radius 3 is 3.00 bits per heavy atom. The molecule has 3 heterocycles. The highest BCUT2D eigenvalue weighted by Gasteiger charge is 2.05. The van der Waals surface area contributed by atoms with Crippen molar-refractivity contribution >= 4 is 22.7 Å². The van der Waals surface area contributed by atoms with Crippen molar-refractivity contribution in [3.05, 3.63) is 45.6 Å². The third-order valence-electron chi connectivity index (χ3n) is 2.60. The Morgan fingerprint density at radius 2 is 2.26 bits per heavy atom. The molecule has 6 heteroatoms. The summed E-state index contributed by atoms with van der Waals surface area (Å²) in [5, 5.41) is 11.4. The van der Waals surface area contributed by atoms with Gasteiger partial charge in [-0.05, 0) is 29.8 Å². The van der Waals surface area contributed by atoms with Crippen LogP contribution in [0.25, 0.3) is 10.4 Å². The van der Waals surface area contributed by atoms with E-state index < -0.39 is 0 Å². The number of rotatable bonds is 5. The summed E-state index contributed by atoms with van der Waals surface area (Å²) in [7, 11) is 0. The monoisotopic (exact) mass is 291 g/mol. The van der Waals surface area contributed by atoms with Crippen LogP contribution >= 0.6 is 22.7 Å². The molecule has 0 aliphatic heterocycles. The summed E-state index contributed by atoms with van der Waals surface area (Å²) < 4.78 is 5.05. The minimum Gasteiger partial charge on any atom is -0.338 e. The molecule has 0 atom stereocenters. The molecule has 0 saturated heterocycles. The minimum atomic E-state index is 0.604. The SMILES string of the molecule is Cc1noc(CNCc2cc(-c3cccs3)cs2)n1. The first-order chi connectivity index (χ1) is 9.31. The van der Waals surface area contributed by atoms with Gasteiger partial charge in [0.25, 0.3) is 0 Å². The second-order valence-corrected chi connectivity index (χ2v) is 6.06. The Hall–Kier alpha value is -1.50. The topological polar surface area (TPSA) is 51.0 Å². The molecule has 0 amide bonds. The number of aromatic nitrogens is 2. The van der Waals surface area contributed by atoms with E-state index in [-0.39, 0.29) is 0 Å². The van der Waals surface area contributed by atoms with Crippen LogP contribution in [0.2, 0.25) is 0 Å². The van der Waals surface area contributed by atoms with Crippen LogP contribution in [-0.2, 0) is 13.1 Å². The van der Waals surface area contributed by atoms with E-state index in [1.165, 1.54) is 15.3 Å². The summed E-state index contributed by atoms with van der Waals surface area (Å²) in [5.41, 5.74) is 1.30. The third kappa shape index (κ3) is 3.09. The molecular weight excluding hydrogens is 278 g/mol. The lowest BCUT2D eigenvalue weighted by Gasteiger charge is -1.97. The number of hydrogen-bond acceptors (Lipinski definition) is 6. The lowest BCUT2D eigenvalue weighted by molar-refractivity contribution is 0.364. The van der Waals surface area contributed by atoms with Gasteiger partial charge in [-0.15, -0.1) is 22.7 Å². The van der Waals surface area contributed by atoms with Crippen LogP contribution in [0.5, 0.6) is 0 Å². The number of nitrogens with one attached hydrogen (secondary N) is 1. The van der Waals surface area contributed by atoms with E-state index in [1.807, 2.05) is 6.92 Å². The first-order valence-corrected chi connectivity index (χ1v) is 7.68. The van der Waals surface area contributed by atoms with Crippen LogP contribution in [-0.4, -0.2) is 10.1 Å². The zero-order valence-electron chi connectivity index (χ0n) is 10.4. The molecule has 0 saturated carbocycles. The van der Waals surface area contributed by atoms with Crippen LogP contribution in [0.4, 0.5) is 0 Å². The Labute approximate surface area is 119 Å². The molecule has 4 nitrogen and oxygen atoms in total. The fourth-order valence-corrected chi connectivity index (χ4v) is 3.39. The summed E-state index contributed by atoms with van der Waals surface area (Å²) >= 11 is 3.53. The van der Waals surface area contributed by atoms with Crippen LogP contribution in [0.1, 0.15) is 16.6 Å². The molecule has 0 unspecified atom stereocenters. The first kappa shape index (κ1) is 12.5. The van der Waals surface area contributed by atoms with E-state index in [4.69, 9.17) is 4.52 Å². The van der Waals surface area contributed by atoms with E-state index in [9.17, 15) is 0 Å². The molecular formula is C13H13N3OS2. The second kappa shape index (κ2) is 5.64. The molecule has 3 rings (SSSR count). The summed E-state index contributed by atoms with van der Waals surface area (Å²) in [6.07, 6.45) is 0. The lowest BCUT2D eigenvalue weighted by Crippen LogP contribution is -2.11. The maximum Gasteiger partial charge on any atom is 0.240 e. The van der Waals surface area contributed by atoms with E-state index in [0.717, 1.165) is 6.54 Å². The van der Waals surface area contributed by atoms with Gasteiger partial charge < -0.3 is 9.84 Å². The summed E-state index contributed by atoms with van der Waals surface area (Å²) in [4.78, 5) is 6.77. The number of hydrogen-bond donors (Lipinski definition) is 1. The maximum absolute atomic E-state index is 5.05. The zero-order chi connectivity index (χ0) is 13.1. The van der Waals surface area contributed by atoms with Crippen LogP contribution in [0.3, 0.4) is 0 Å². The molecule has 1 N–H and O–H groups in total. The Morgan fingerprint density at radius 1 is 1.32 bits per heavy atom. The fraction of sp³-hybridized carbons (Fsp3) is 0.231. The lowest BCUT2D eigenvalue weighted by atomic mass is 10.2. The van der Waals surface area contributed by atoms with E-state index in [1.54, 1.807) is 22.7 Å². The highest BCUT2D eigenvalue weighted by Crippen LogP contribution is 2.29. The highest BCUT2D eigenvalue weighted by molar-refractivity contribution is 7.14. The quantitative estimate of drug-likeness (QED) is 0.782. The predicted octanol–water partition coefficient (Wildman–Crippen LogP) is 3.46. The van der Waals surface area contributed by atoms with E-state index in [2.05, 4.69) is 44.4 Å². The van der Waals surface area contributed by atoms with Crippen molar-refractivity contribution < 1.29 is 4.52 Å². The second-order valence-electron chi connectivity index (χ2n) is 4.12.